The van der Waals surface area contributed by atoms with E-state index >= 15 is 0 Å². The fourth-order valence-corrected chi connectivity index (χ4v) is 2.38. The Morgan fingerprint density at radius 1 is 1.33 bits per heavy atom. The van der Waals surface area contributed by atoms with E-state index in [4.69, 9.17) is 9.84 Å². The predicted octanol–water partition coefficient (Wildman–Crippen LogP) is 2.23. The molecule has 21 heavy (non-hydrogen) atoms. The van der Waals surface area contributed by atoms with Crippen molar-refractivity contribution < 1.29 is 19.4 Å². The minimum atomic E-state index is -0.761. The van der Waals surface area contributed by atoms with Gasteiger partial charge in [0, 0.05) is 31.6 Å². The first-order chi connectivity index (χ1) is 9.67. The largest absolute Gasteiger partial charge is 0.481 e. The zero-order valence-electron chi connectivity index (χ0n) is 13.5. The summed E-state index contributed by atoms with van der Waals surface area (Å²) in [5.74, 6) is -0.761. The number of rotatable bonds is 5. The molecule has 0 radical (unpaired) electrons. The number of nitrogens with one attached hydrogen (secondary N) is 1. The van der Waals surface area contributed by atoms with Crippen LogP contribution in [0.4, 0.5) is 4.79 Å². The van der Waals surface area contributed by atoms with Crippen LogP contribution >= 0.6 is 0 Å². The Morgan fingerprint density at radius 2 is 1.90 bits per heavy atom. The number of aliphatic carboxylic acids is 1. The minimum Gasteiger partial charge on any atom is -0.481 e. The third kappa shape index (κ3) is 7.32. The van der Waals surface area contributed by atoms with Crippen LogP contribution in [-0.2, 0) is 9.53 Å². The molecule has 1 aliphatic heterocycles. The smallest absolute Gasteiger partial charge is 0.410 e. The number of carboxylic acids is 1. The molecule has 6 heteroatoms. The maximum absolute atomic E-state index is 11.9. The molecule has 122 valence electrons. The van der Waals surface area contributed by atoms with E-state index in [9.17, 15) is 9.59 Å². The molecular formula is C15H28N2O4. The molecule has 1 atom stereocenters. The van der Waals surface area contributed by atoms with Crippen LogP contribution in [-0.4, -0.2) is 52.8 Å². The number of likely N-dealkylation sites (tertiary alicyclic amines) is 1. The maximum atomic E-state index is 11.9. The summed E-state index contributed by atoms with van der Waals surface area (Å²) in [6.45, 7) is 8.95. The van der Waals surface area contributed by atoms with Crippen molar-refractivity contribution in [1.82, 2.24) is 10.2 Å². The summed E-state index contributed by atoms with van der Waals surface area (Å²) in [5, 5.41) is 12.1. The number of amides is 1. The first-order valence-corrected chi connectivity index (χ1v) is 7.63. The third-order valence-electron chi connectivity index (χ3n) is 3.46. The van der Waals surface area contributed by atoms with Crippen LogP contribution in [0.5, 0.6) is 0 Å². The van der Waals surface area contributed by atoms with Gasteiger partial charge in [0.15, 0.2) is 0 Å². The topological polar surface area (TPSA) is 78.9 Å². The lowest BCUT2D eigenvalue weighted by molar-refractivity contribution is -0.137. The van der Waals surface area contributed by atoms with Gasteiger partial charge in [0.25, 0.3) is 0 Å². The van der Waals surface area contributed by atoms with Gasteiger partial charge in [-0.05, 0) is 47.0 Å². The van der Waals surface area contributed by atoms with Gasteiger partial charge in [-0.15, -0.1) is 0 Å². The standard InChI is InChI=1S/C15H28N2O4/c1-11(5-6-13(18)19)16-12-7-9-17(10-8-12)14(20)21-15(2,3)4/h11-12,16H,5-10H2,1-4H3,(H,18,19). The molecule has 1 rings (SSSR count). The van der Waals surface area contributed by atoms with Crippen LogP contribution in [0.15, 0.2) is 0 Å². The van der Waals surface area contributed by atoms with E-state index in [0.29, 0.717) is 25.6 Å². The van der Waals surface area contributed by atoms with Crippen molar-refractivity contribution in [3.05, 3.63) is 0 Å². The van der Waals surface area contributed by atoms with Crippen molar-refractivity contribution in [2.45, 2.75) is 71.1 Å². The number of piperidine rings is 1. The molecule has 1 aliphatic rings. The molecule has 0 bridgehead atoms. The fourth-order valence-electron chi connectivity index (χ4n) is 2.38. The number of carboxylic acid groups (broad SMARTS) is 1. The Balaban J connectivity index is 2.28. The highest BCUT2D eigenvalue weighted by molar-refractivity contribution is 5.68. The van der Waals surface area contributed by atoms with Gasteiger partial charge in [-0.1, -0.05) is 0 Å². The molecule has 0 aromatic carbocycles. The number of carbonyl (C=O) groups is 2. The minimum absolute atomic E-state index is 0.180. The average Bonchev–Trinajstić information content (AvgIpc) is 2.35. The van der Waals surface area contributed by atoms with Crippen molar-refractivity contribution in [3.63, 3.8) is 0 Å². The quantitative estimate of drug-likeness (QED) is 0.814. The van der Waals surface area contributed by atoms with Gasteiger partial charge in [0.2, 0.25) is 0 Å². The van der Waals surface area contributed by atoms with Crippen LogP contribution < -0.4 is 5.32 Å². The molecule has 1 fully saturated rings. The summed E-state index contributed by atoms with van der Waals surface area (Å²) in [6.07, 6.45) is 2.31. The lowest BCUT2D eigenvalue weighted by Crippen LogP contribution is -2.48. The molecule has 0 aromatic rings. The SMILES string of the molecule is CC(CCC(=O)O)NC1CCN(C(=O)OC(C)(C)C)CC1. The van der Waals surface area contributed by atoms with Crippen molar-refractivity contribution >= 4 is 12.1 Å². The van der Waals surface area contributed by atoms with Crippen molar-refractivity contribution in [2.75, 3.05) is 13.1 Å². The molecule has 1 amide bonds. The fraction of sp³-hybridized carbons (Fsp3) is 0.867. The highest BCUT2D eigenvalue weighted by atomic mass is 16.6. The third-order valence-corrected chi connectivity index (χ3v) is 3.46. The second-order valence-corrected chi connectivity index (χ2v) is 6.74. The van der Waals surface area contributed by atoms with E-state index in [0.717, 1.165) is 12.8 Å². The normalized spacial score (nSPS) is 18.4. The van der Waals surface area contributed by atoms with Gasteiger partial charge in [0.05, 0.1) is 0 Å². The molecule has 0 aliphatic carbocycles. The molecule has 1 saturated heterocycles. The Morgan fingerprint density at radius 3 is 2.38 bits per heavy atom. The van der Waals surface area contributed by atoms with E-state index in [-0.39, 0.29) is 18.6 Å². The van der Waals surface area contributed by atoms with Crippen molar-refractivity contribution in [1.29, 1.82) is 0 Å². The zero-order valence-corrected chi connectivity index (χ0v) is 13.5. The number of hydrogen-bond donors (Lipinski definition) is 2. The molecule has 6 nitrogen and oxygen atoms in total. The Bertz CT molecular complexity index is 357. The van der Waals surface area contributed by atoms with Crippen LogP contribution in [0, 0.1) is 0 Å². The summed E-state index contributed by atoms with van der Waals surface area (Å²) in [4.78, 5) is 24.2. The van der Waals surface area contributed by atoms with E-state index in [1.54, 1.807) is 4.90 Å². The number of hydrogen-bond acceptors (Lipinski definition) is 4. The molecule has 1 heterocycles. The summed E-state index contributed by atoms with van der Waals surface area (Å²) < 4.78 is 5.36. The first kappa shape index (κ1) is 17.8. The molecule has 1 unspecified atom stereocenters. The molecule has 2 N–H and O–H groups in total. The highest BCUT2D eigenvalue weighted by Gasteiger charge is 2.27. The molecule has 0 aromatic heterocycles. The summed E-state index contributed by atoms with van der Waals surface area (Å²) in [5.41, 5.74) is -0.461. The van der Waals surface area contributed by atoms with Crippen LogP contribution in [0.25, 0.3) is 0 Å². The van der Waals surface area contributed by atoms with Gasteiger partial charge >= 0.3 is 12.1 Å². The second-order valence-electron chi connectivity index (χ2n) is 6.74. The van der Waals surface area contributed by atoms with E-state index in [1.807, 2.05) is 27.7 Å². The summed E-state index contributed by atoms with van der Waals surface area (Å²) in [7, 11) is 0. The predicted molar refractivity (Wildman–Crippen MR) is 80.3 cm³/mol. The Hall–Kier alpha value is -1.30. The summed E-state index contributed by atoms with van der Waals surface area (Å²) >= 11 is 0. The molecular weight excluding hydrogens is 272 g/mol. The van der Waals surface area contributed by atoms with Gasteiger partial charge in [-0.2, -0.15) is 0 Å². The lowest BCUT2D eigenvalue weighted by atomic mass is 10.0. The zero-order chi connectivity index (χ0) is 16.0. The Kier molecular flexibility index (Phi) is 6.45. The van der Waals surface area contributed by atoms with Gasteiger partial charge in [-0.25, -0.2) is 4.79 Å². The number of nitrogens with zero attached hydrogens (tertiary/aromatic N) is 1. The van der Waals surface area contributed by atoms with Gasteiger partial charge in [0.1, 0.15) is 5.60 Å². The lowest BCUT2D eigenvalue weighted by Gasteiger charge is -2.34. The maximum Gasteiger partial charge on any atom is 0.410 e. The first-order valence-electron chi connectivity index (χ1n) is 7.63. The van der Waals surface area contributed by atoms with E-state index in [1.165, 1.54) is 0 Å². The van der Waals surface area contributed by atoms with Gasteiger partial charge in [-0.3, -0.25) is 4.79 Å². The van der Waals surface area contributed by atoms with Crippen LogP contribution in [0.2, 0.25) is 0 Å². The average molecular weight is 300 g/mol. The number of ether oxygens (including phenoxy) is 1. The second kappa shape index (κ2) is 7.64. The van der Waals surface area contributed by atoms with Crippen molar-refractivity contribution in [3.8, 4) is 0 Å². The van der Waals surface area contributed by atoms with Crippen molar-refractivity contribution in [2.24, 2.45) is 0 Å². The molecule has 0 saturated carbocycles. The highest BCUT2D eigenvalue weighted by Crippen LogP contribution is 2.16. The molecule has 0 spiro atoms. The van der Waals surface area contributed by atoms with E-state index in [2.05, 4.69) is 5.32 Å². The number of carbonyl (C=O) groups excluding carboxylic acids is 1. The van der Waals surface area contributed by atoms with Crippen LogP contribution in [0.1, 0.15) is 53.4 Å². The van der Waals surface area contributed by atoms with Gasteiger partial charge < -0.3 is 20.1 Å². The summed E-state index contributed by atoms with van der Waals surface area (Å²) in [6, 6.07) is 0.520. The Labute approximate surface area is 126 Å². The van der Waals surface area contributed by atoms with Crippen LogP contribution in [0.3, 0.4) is 0 Å². The monoisotopic (exact) mass is 300 g/mol. The van der Waals surface area contributed by atoms with E-state index < -0.39 is 11.6 Å².